The highest BCUT2D eigenvalue weighted by Crippen LogP contribution is 2.37. The summed E-state index contributed by atoms with van der Waals surface area (Å²) in [6, 6.07) is 0. The maximum Gasteiger partial charge on any atom is 0.348 e. The molecule has 2 atom stereocenters. The first-order valence-corrected chi connectivity index (χ1v) is 12.5. The topological polar surface area (TPSA) is 119 Å². The number of thioether (sulfide) groups is 1. The van der Waals surface area contributed by atoms with Gasteiger partial charge in [-0.15, -0.1) is 21.5 Å². The molecule has 4 rings (SSSR count). The average molecular weight is 482 g/mol. The molecule has 1 aliphatic rings. The summed E-state index contributed by atoms with van der Waals surface area (Å²) in [5, 5.41) is 12.7. The Bertz CT molecular complexity index is 1140. The summed E-state index contributed by atoms with van der Waals surface area (Å²) in [7, 11) is 0. The van der Waals surface area contributed by atoms with Gasteiger partial charge in [0, 0.05) is 13.2 Å². The lowest BCUT2D eigenvalue weighted by Gasteiger charge is -2.09. The Kier molecular flexibility index (Phi) is 6.89. The molecule has 0 aromatic carbocycles. The second-order valence-electron chi connectivity index (χ2n) is 7.06. The van der Waals surface area contributed by atoms with Crippen molar-refractivity contribution >= 4 is 55.8 Å². The van der Waals surface area contributed by atoms with E-state index < -0.39 is 5.97 Å². The van der Waals surface area contributed by atoms with Gasteiger partial charge in [-0.1, -0.05) is 23.1 Å². The molecule has 3 aromatic rings. The number of anilines is 1. The summed E-state index contributed by atoms with van der Waals surface area (Å²) in [6.07, 6.45) is 2.39. The van der Waals surface area contributed by atoms with Gasteiger partial charge in [0.2, 0.25) is 5.13 Å². The fourth-order valence-electron chi connectivity index (χ4n) is 3.29. The smallest absolute Gasteiger partial charge is 0.348 e. The first-order valence-electron chi connectivity index (χ1n) is 10.0. The van der Waals surface area contributed by atoms with E-state index in [-0.39, 0.29) is 23.5 Å². The second-order valence-corrected chi connectivity index (χ2v) is 10.6. The number of hydrogen-bond acceptors (Lipinski definition) is 11. The Labute approximate surface area is 191 Å². The third kappa shape index (κ3) is 4.92. The van der Waals surface area contributed by atoms with E-state index in [0.717, 1.165) is 35.5 Å². The molecule has 0 amide bonds. The molecule has 0 aliphatic carbocycles. The SMILES string of the molecule is CCOC(=O)c1sc2nc([C@@H](C)Sc3nnc(NC[C@H]4CCCO4)s3)[nH]c(=O)c2c1C. The predicted octanol–water partition coefficient (Wildman–Crippen LogP) is 3.77. The minimum atomic E-state index is -0.428. The van der Waals surface area contributed by atoms with E-state index >= 15 is 0 Å². The Balaban J connectivity index is 1.48. The van der Waals surface area contributed by atoms with Crippen LogP contribution in [0.2, 0.25) is 0 Å². The molecule has 9 nitrogen and oxygen atoms in total. The average Bonchev–Trinajstić information content (AvgIpc) is 3.47. The molecule has 0 spiro atoms. The quantitative estimate of drug-likeness (QED) is 0.366. The van der Waals surface area contributed by atoms with Crippen molar-refractivity contribution in [2.45, 2.75) is 49.3 Å². The van der Waals surface area contributed by atoms with Crippen LogP contribution in [0.5, 0.6) is 0 Å². The van der Waals surface area contributed by atoms with Crippen molar-refractivity contribution < 1.29 is 14.3 Å². The zero-order chi connectivity index (χ0) is 22.0. The van der Waals surface area contributed by atoms with Gasteiger partial charge in [-0.2, -0.15) is 0 Å². The summed E-state index contributed by atoms with van der Waals surface area (Å²) < 4.78 is 11.5. The van der Waals surface area contributed by atoms with E-state index in [2.05, 4.69) is 25.5 Å². The molecule has 1 saturated heterocycles. The lowest BCUT2D eigenvalue weighted by Crippen LogP contribution is -2.18. The van der Waals surface area contributed by atoms with Gasteiger partial charge in [0.25, 0.3) is 5.56 Å². The van der Waals surface area contributed by atoms with Crippen LogP contribution in [0.1, 0.15) is 53.0 Å². The molecule has 31 heavy (non-hydrogen) atoms. The minimum Gasteiger partial charge on any atom is -0.462 e. The van der Waals surface area contributed by atoms with Crippen molar-refractivity contribution in [3.05, 3.63) is 26.6 Å². The predicted molar refractivity (Wildman–Crippen MR) is 123 cm³/mol. The van der Waals surface area contributed by atoms with Crippen molar-refractivity contribution in [2.24, 2.45) is 0 Å². The van der Waals surface area contributed by atoms with E-state index in [0.29, 0.717) is 26.5 Å². The van der Waals surface area contributed by atoms with Crippen LogP contribution in [0.25, 0.3) is 10.2 Å². The van der Waals surface area contributed by atoms with Crippen molar-refractivity contribution in [2.75, 3.05) is 25.1 Å². The highest BCUT2D eigenvalue weighted by molar-refractivity contribution is 8.01. The molecule has 4 heterocycles. The molecule has 0 saturated carbocycles. The van der Waals surface area contributed by atoms with E-state index in [1.165, 1.54) is 34.4 Å². The number of thiophene rings is 1. The molecule has 3 aromatic heterocycles. The summed E-state index contributed by atoms with van der Waals surface area (Å²) in [5.74, 6) is 0.103. The number of nitrogens with one attached hydrogen (secondary N) is 2. The van der Waals surface area contributed by atoms with E-state index in [4.69, 9.17) is 9.47 Å². The van der Waals surface area contributed by atoms with Gasteiger partial charge in [0.05, 0.1) is 23.3 Å². The number of esters is 1. The Morgan fingerprint density at radius 2 is 2.26 bits per heavy atom. The minimum absolute atomic E-state index is 0.149. The Hall–Kier alpha value is -2.02. The lowest BCUT2D eigenvalue weighted by atomic mass is 10.2. The van der Waals surface area contributed by atoms with Gasteiger partial charge < -0.3 is 19.8 Å². The molecule has 1 fully saturated rings. The Morgan fingerprint density at radius 3 is 3.00 bits per heavy atom. The molecular weight excluding hydrogens is 458 g/mol. The first-order chi connectivity index (χ1) is 15.0. The maximum absolute atomic E-state index is 12.7. The highest BCUT2D eigenvalue weighted by Gasteiger charge is 2.22. The van der Waals surface area contributed by atoms with Crippen LogP contribution >= 0.6 is 34.4 Å². The fourth-order valence-corrected chi connectivity index (χ4v) is 6.33. The number of rotatable bonds is 8. The number of carbonyl (C=O) groups excluding carboxylic acids is 1. The van der Waals surface area contributed by atoms with E-state index in [9.17, 15) is 9.59 Å². The molecule has 0 radical (unpaired) electrons. The normalized spacial score (nSPS) is 17.2. The van der Waals surface area contributed by atoms with Gasteiger partial charge in [0.1, 0.15) is 15.5 Å². The summed E-state index contributed by atoms with van der Waals surface area (Å²) in [5.41, 5.74) is 0.345. The van der Waals surface area contributed by atoms with Gasteiger partial charge >= 0.3 is 5.97 Å². The standard InChI is InChI=1S/C19H23N5O4S3/c1-4-27-17(26)13-9(2)12-15(25)21-14(22-16(12)30-13)10(3)29-19-24-23-18(31-19)20-8-11-6-5-7-28-11/h10-11H,4-8H2,1-3H3,(H,20,23)(H,21,22,25)/t10-,11-/m1/s1. The highest BCUT2D eigenvalue weighted by atomic mass is 32.2. The van der Waals surface area contributed by atoms with E-state index in [1.54, 1.807) is 13.8 Å². The largest absolute Gasteiger partial charge is 0.462 e. The third-order valence-corrected chi connectivity index (χ3v) is 8.09. The van der Waals surface area contributed by atoms with Crippen molar-refractivity contribution in [3.63, 3.8) is 0 Å². The fraction of sp³-hybridized carbons (Fsp3) is 0.526. The zero-order valence-corrected chi connectivity index (χ0v) is 19.8. The number of fused-ring (bicyclic) bond motifs is 1. The summed E-state index contributed by atoms with van der Waals surface area (Å²) in [4.78, 5) is 33.3. The number of nitrogens with zero attached hydrogens (tertiary/aromatic N) is 3. The molecule has 1 aliphatic heterocycles. The molecule has 12 heteroatoms. The van der Waals surface area contributed by atoms with Crippen LogP contribution in [0.3, 0.4) is 0 Å². The Morgan fingerprint density at radius 1 is 1.42 bits per heavy atom. The molecular formula is C19H23N5O4S3. The second kappa shape index (κ2) is 9.63. The van der Waals surface area contributed by atoms with E-state index in [1.807, 2.05) is 6.92 Å². The third-order valence-electron chi connectivity index (χ3n) is 4.85. The van der Waals surface area contributed by atoms with Crippen LogP contribution in [-0.4, -0.2) is 52.0 Å². The molecule has 0 unspecified atom stereocenters. The number of H-pyrrole nitrogens is 1. The summed E-state index contributed by atoms with van der Waals surface area (Å²) in [6.45, 7) is 7.26. The van der Waals surface area contributed by atoms with Gasteiger partial charge in [0.15, 0.2) is 4.34 Å². The maximum atomic E-state index is 12.7. The number of ether oxygens (including phenoxy) is 2. The van der Waals surface area contributed by atoms with Crippen molar-refractivity contribution in [1.29, 1.82) is 0 Å². The molecule has 2 N–H and O–H groups in total. The number of hydrogen-bond donors (Lipinski definition) is 2. The molecule has 166 valence electrons. The first kappa shape index (κ1) is 22.2. The van der Waals surface area contributed by atoms with Crippen molar-refractivity contribution in [1.82, 2.24) is 20.2 Å². The van der Waals surface area contributed by atoms with Gasteiger partial charge in [-0.3, -0.25) is 4.79 Å². The monoisotopic (exact) mass is 481 g/mol. The number of aromatic nitrogens is 4. The van der Waals surface area contributed by atoms with Crippen molar-refractivity contribution in [3.8, 4) is 0 Å². The van der Waals surface area contributed by atoms with Crippen LogP contribution < -0.4 is 10.9 Å². The van der Waals surface area contributed by atoms with Crippen LogP contribution in [-0.2, 0) is 9.47 Å². The zero-order valence-electron chi connectivity index (χ0n) is 17.4. The number of aryl methyl sites for hydroxylation is 1. The van der Waals surface area contributed by atoms with Gasteiger partial charge in [-0.05, 0) is 39.2 Å². The van der Waals surface area contributed by atoms with Crippen LogP contribution in [0.4, 0.5) is 5.13 Å². The van der Waals surface area contributed by atoms with Crippen LogP contribution in [0.15, 0.2) is 9.13 Å². The van der Waals surface area contributed by atoms with Crippen LogP contribution in [0, 0.1) is 6.92 Å². The van der Waals surface area contributed by atoms with Gasteiger partial charge in [-0.25, -0.2) is 9.78 Å². The molecule has 0 bridgehead atoms. The number of aromatic amines is 1. The number of carbonyl (C=O) groups is 1. The lowest BCUT2D eigenvalue weighted by molar-refractivity contribution is 0.0531. The summed E-state index contributed by atoms with van der Waals surface area (Å²) >= 11 is 4.12.